The van der Waals surface area contributed by atoms with Crippen LogP contribution in [-0.2, 0) is 4.57 Å². The smallest absolute Gasteiger partial charge is 0.228 e. The molecule has 0 aromatic heterocycles. The van der Waals surface area contributed by atoms with Gasteiger partial charge in [0.15, 0.2) is 0 Å². The van der Waals surface area contributed by atoms with E-state index in [1.54, 1.807) is 6.92 Å². The molecular weight excluding hydrogens is 159 g/mol. The maximum absolute atomic E-state index is 11.6. The summed E-state index contributed by atoms with van der Waals surface area (Å²) in [5, 5.41) is 0.720. The highest BCUT2D eigenvalue weighted by atomic mass is 31.2. The van der Waals surface area contributed by atoms with Crippen LogP contribution >= 0.6 is 7.37 Å². The van der Waals surface area contributed by atoms with Crippen LogP contribution < -0.4 is 0 Å². The van der Waals surface area contributed by atoms with E-state index in [9.17, 15) is 9.46 Å². The maximum Gasteiger partial charge on any atom is 0.228 e. The second-order valence-corrected chi connectivity index (χ2v) is 6.15. The van der Waals surface area contributed by atoms with Crippen molar-refractivity contribution in [2.75, 3.05) is 0 Å². The van der Waals surface area contributed by atoms with Gasteiger partial charge in [-0.05, 0) is 19.8 Å². The first-order valence-corrected chi connectivity index (χ1v) is 5.62. The zero-order valence-electron chi connectivity index (χ0n) is 7.46. The minimum atomic E-state index is -2.96. The molecule has 3 unspecified atom stereocenters. The third kappa shape index (κ3) is 1.09. The van der Waals surface area contributed by atoms with E-state index in [4.69, 9.17) is 0 Å². The summed E-state index contributed by atoms with van der Waals surface area (Å²) in [7, 11) is -2.96. The summed E-state index contributed by atoms with van der Waals surface area (Å²) >= 11 is 0. The Bertz CT molecular complexity index is 255. The third-order valence-electron chi connectivity index (χ3n) is 3.01. The van der Waals surface area contributed by atoms with E-state index in [0.29, 0.717) is 0 Å². The summed E-state index contributed by atoms with van der Waals surface area (Å²) < 4.78 is 11.6. The molecule has 0 saturated heterocycles. The Balaban J connectivity index is 3.16. The van der Waals surface area contributed by atoms with Gasteiger partial charge in [-0.3, -0.25) is 4.57 Å². The van der Waals surface area contributed by atoms with Gasteiger partial charge in [-0.25, -0.2) is 0 Å². The van der Waals surface area contributed by atoms with Gasteiger partial charge < -0.3 is 4.89 Å². The van der Waals surface area contributed by atoms with E-state index in [1.807, 2.05) is 20.8 Å². The fourth-order valence-electron chi connectivity index (χ4n) is 1.55. The fourth-order valence-corrected chi connectivity index (χ4v) is 3.70. The molecule has 0 aromatic rings. The fraction of sp³-hybridized carbons (Fsp3) is 0.750. The summed E-state index contributed by atoms with van der Waals surface area (Å²) in [5.74, 6) is 0.269. The Morgan fingerprint density at radius 2 is 1.82 bits per heavy atom. The van der Waals surface area contributed by atoms with Gasteiger partial charge in [0.25, 0.3) is 0 Å². The summed E-state index contributed by atoms with van der Waals surface area (Å²) in [6, 6.07) is 0. The lowest BCUT2D eigenvalue weighted by atomic mass is 10.0. The molecule has 3 heteroatoms. The van der Waals surface area contributed by atoms with Crippen molar-refractivity contribution in [1.29, 1.82) is 0 Å². The van der Waals surface area contributed by atoms with E-state index in [1.165, 1.54) is 0 Å². The molecule has 1 heterocycles. The molecule has 3 atom stereocenters. The van der Waals surface area contributed by atoms with Crippen molar-refractivity contribution in [1.82, 2.24) is 0 Å². The van der Waals surface area contributed by atoms with Gasteiger partial charge in [-0.15, -0.1) is 0 Å². The molecule has 0 bridgehead atoms. The van der Waals surface area contributed by atoms with Crippen LogP contribution in [0.15, 0.2) is 10.9 Å². The molecule has 1 aliphatic heterocycles. The maximum atomic E-state index is 11.6. The van der Waals surface area contributed by atoms with E-state index in [-0.39, 0.29) is 11.6 Å². The molecule has 64 valence electrons. The van der Waals surface area contributed by atoms with Crippen molar-refractivity contribution >= 4 is 7.37 Å². The highest BCUT2D eigenvalue weighted by Gasteiger charge is 2.41. The number of hydrogen-bond acceptors (Lipinski definition) is 1. The molecule has 0 aromatic carbocycles. The summed E-state index contributed by atoms with van der Waals surface area (Å²) in [6.07, 6.45) is 0. The minimum absolute atomic E-state index is 0.0810. The van der Waals surface area contributed by atoms with Gasteiger partial charge in [-0.1, -0.05) is 19.4 Å². The average molecular weight is 174 g/mol. The average Bonchev–Trinajstić information content (AvgIpc) is 2.06. The second-order valence-electron chi connectivity index (χ2n) is 3.42. The molecule has 0 radical (unpaired) electrons. The molecule has 2 nitrogen and oxygen atoms in total. The van der Waals surface area contributed by atoms with Crippen molar-refractivity contribution in [3.8, 4) is 0 Å². The Morgan fingerprint density at radius 3 is 1.91 bits per heavy atom. The molecule has 0 saturated carbocycles. The first-order valence-electron chi connectivity index (χ1n) is 3.89. The SMILES string of the molecule is CC1=C(C)P(=O)(O)C(C)C1C. The highest BCUT2D eigenvalue weighted by Crippen LogP contribution is 2.63. The number of allylic oxidation sites excluding steroid dienone is 2. The van der Waals surface area contributed by atoms with E-state index in [2.05, 4.69) is 0 Å². The summed E-state index contributed by atoms with van der Waals surface area (Å²) in [5.41, 5.74) is 1.02. The Kier molecular flexibility index (Phi) is 2.02. The second kappa shape index (κ2) is 2.46. The Morgan fingerprint density at radius 1 is 1.36 bits per heavy atom. The summed E-state index contributed by atoms with van der Waals surface area (Å²) in [6.45, 7) is 7.59. The van der Waals surface area contributed by atoms with Gasteiger partial charge in [0.2, 0.25) is 7.37 Å². The van der Waals surface area contributed by atoms with Gasteiger partial charge in [0.1, 0.15) is 0 Å². The number of hydrogen-bond donors (Lipinski definition) is 1. The largest absolute Gasteiger partial charge is 0.341 e. The van der Waals surface area contributed by atoms with Gasteiger partial charge in [0.05, 0.1) is 0 Å². The lowest BCUT2D eigenvalue weighted by Gasteiger charge is -2.14. The lowest BCUT2D eigenvalue weighted by molar-refractivity contribution is 0.467. The molecule has 0 aliphatic carbocycles. The molecule has 0 amide bonds. The molecular formula is C8H15O2P. The molecule has 1 N–H and O–H groups in total. The van der Waals surface area contributed by atoms with Crippen LogP contribution in [0.25, 0.3) is 0 Å². The molecule has 1 aliphatic rings. The Hall–Kier alpha value is -0.0700. The minimum Gasteiger partial charge on any atom is -0.341 e. The van der Waals surface area contributed by atoms with Crippen LogP contribution in [0.5, 0.6) is 0 Å². The standard InChI is InChI=1S/C8H15O2P/c1-5-6(2)8(4)11(9,10)7(5)3/h5,7H,1-4H3,(H,9,10). The Labute approximate surface area is 67.8 Å². The van der Waals surface area contributed by atoms with Gasteiger partial charge >= 0.3 is 0 Å². The van der Waals surface area contributed by atoms with Gasteiger partial charge in [0, 0.05) is 11.0 Å². The van der Waals surface area contributed by atoms with E-state index >= 15 is 0 Å². The van der Waals surface area contributed by atoms with Crippen molar-refractivity contribution in [3.05, 3.63) is 10.9 Å². The normalized spacial score (nSPS) is 45.2. The molecule has 1 rings (SSSR count). The van der Waals surface area contributed by atoms with Crippen molar-refractivity contribution in [3.63, 3.8) is 0 Å². The topological polar surface area (TPSA) is 37.3 Å². The summed E-state index contributed by atoms with van der Waals surface area (Å²) in [4.78, 5) is 9.57. The van der Waals surface area contributed by atoms with Crippen molar-refractivity contribution < 1.29 is 9.46 Å². The van der Waals surface area contributed by atoms with E-state index < -0.39 is 7.37 Å². The van der Waals surface area contributed by atoms with Crippen LogP contribution in [0.3, 0.4) is 0 Å². The third-order valence-corrected chi connectivity index (χ3v) is 5.88. The highest BCUT2D eigenvalue weighted by molar-refractivity contribution is 7.63. The van der Waals surface area contributed by atoms with Crippen LogP contribution in [-0.4, -0.2) is 10.6 Å². The first-order chi connectivity index (χ1) is 4.89. The first kappa shape index (κ1) is 9.02. The van der Waals surface area contributed by atoms with Gasteiger partial charge in [-0.2, -0.15) is 0 Å². The predicted molar refractivity (Wildman–Crippen MR) is 46.8 cm³/mol. The quantitative estimate of drug-likeness (QED) is 0.573. The van der Waals surface area contributed by atoms with Crippen LogP contribution in [0.4, 0.5) is 0 Å². The zero-order valence-corrected chi connectivity index (χ0v) is 8.35. The number of rotatable bonds is 0. The molecule has 0 fully saturated rings. The lowest BCUT2D eigenvalue weighted by Crippen LogP contribution is -2.08. The van der Waals surface area contributed by atoms with E-state index in [0.717, 1.165) is 10.9 Å². The van der Waals surface area contributed by atoms with Crippen molar-refractivity contribution in [2.24, 2.45) is 5.92 Å². The predicted octanol–water partition coefficient (Wildman–Crippen LogP) is 2.59. The van der Waals surface area contributed by atoms with Crippen LogP contribution in [0.1, 0.15) is 27.7 Å². The zero-order chi connectivity index (χ0) is 8.81. The van der Waals surface area contributed by atoms with Crippen molar-refractivity contribution in [2.45, 2.75) is 33.4 Å². The van der Waals surface area contributed by atoms with Crippen LogP contribution in [0.2, 0.25) is 0 Å². The molecule has 11 heavy (non-hydrogen) atoms. The van der Waals surface area contributed by atoms with Crippen LogP contribution in [0, 0.1) is 5.92 Å². The molecule has 0 spiro atoms. The monoisotopic (exact) mass is 174 g/mol.